The summed E-state index contributed by atoms with van der Waals surface area (Å²) in [5, 5.41) is 5.81. The van der Waals surface area contributed by atoms with E-state index in [1.165, 1.54) is 21.2 Å². The molecule has 0 aliphatic heterocycles. The molecule has 0 bridgehead atoms. The summed E-state index contributed by atoms with van der Waals surface area (Å²) in [7, 11) is 0. The van der Waals surface area contributed by atoms with E-state index >= 15 is 0 Å². The van der Waals surface area contributed by atoms with Gasteiger partial charge in [0.15, 0.2) is 0 Å². The monoisotopic (exact) mass is 546 g/mol. The van der Waals surface area contributed by atoms with Gasteiger partial charge in [0.2, 0.25) is 0 Å². The van der Waals surface area contributed by atoms with Gasteiger partial charge in [0.05, 0.1) is 0 Å². The van der Waals surface area contributed by atoms with Crippen LogP contribution < -0.4 is 21.2 Å². The third-order valence-corrected chi connectivity index (χ3v) is 23.6. The standard InChI is InChI=1S/C25H24P2Se2/c28-26(22-13-5-1-6-14-22,23-15-7-2-8-16-23)21-27(29,24-17-9-3-10-18-24)25-19-11-4-12-20-25/h1-20,28-29H,21H2. The van der Waals surface area contributed by atoms with Crippen LogP contribution in [-0.2, 0) is 0 Å². The first-order chi connectivity index (χ1) is 14.1. The summed E-state index contributed by atoms with van der Waals surface area (Å²) in [6.45, 7) is 0. The number of hydrogen-bond acceptors (Lipinski definition) is 0. The Bertz CT molecular complexity index is 977. The zero-order valence-corrected chi connectivity index (χ0v) is 21.6. The van der Waals surface area contributed by atoms with E-state index in [-0.39, 0.29) is 0 Å². The molecule has 0 heterocycles. The van der Waals surface area contributed by atoms with E-state index in [2.05, 4.69) is 152 Å². The van der Waals surface area contributed by atoms with Crippen molar-refractivity contribution in [2.75, 3.05) is 5.90 Å². The van der Waals surface area contributed by atoms with Crippen molar-refractivity contribution >= 4 is 62.4 Å². The Kier molecular flexibility index (Phi) is 6.73. The molecule has 0 saturated carbocycles. The van der Waals surface area contributed by atoms with Gasteiger partial charge in [0.25, 0.3) is 0 Å². The molecule has 4 heteroatoms. The first-order valence-electron chi connectivity index (χ1n) is 9.57. The van der Waals surface area contributed by atoms with Crippen LogP contribution in [0.4, 0.5) is 0 Å². The average Bonchev–Trinajstić information content (AvgIpc) is 2.81. The van der Waals surface area contributed by atoms with Crippen LogP contribution in [0.1, 0.15) is 0 Å². The Hall–Kier alpha value is -1.22. The summed E-state index contributed by atoms with van der Waals surface area (Å²) < 4.78 is 0. The predicted octanol–water partition coefficient (Wildman–Crippen LogP) is 3.91. The topological polar surface area (TPSA) is 0 Å². The molecule has 4 aromatic rings. The van der Waals surface area contributed by atoms with Gasteiger partial charge in [-0.1, -0.05) is 0 Å². The van der Waals surface area contributed by atoms with Crippen molar-refractivity contribution in [3.63, 3.8) is 0 Å². The van der Waals surface area contributed by atoms with Crippen LogP contribution in [0.15, 0.2) is 121 Å². The molecule has 0 atom stereocenters. The fraction of sp³-hybridized carbons (Fsp3) is 0.0400. The average molecular weight is 544 g/mol. The van der Waals surface area contributed by atoms with Gasteiger partial charge >= 0.3 is 190 Å². The first-order valence-corrected chi connectivity index (χ1v) is 18.5. The van der Waals surface area contributed by atoms with Crippen molar-refractivity contribution in [2.45, 2.75) is 0 Å². The predicted molar refractivity (Wildman–Crippen MR) is 137 cm³/mol. The van der Waals surface area contributed by atoms with Crippen LogP contribution in [0.25, 0.3) is 0 Å². The van der Waals surface area contributed by atoms with E-state index < -0.39 is 11.0 Å². The van der Waals surface area contributed by atoms with Crippen LogP contribution in [-0.4, -0.2) is 36.1 Å². The van der Waals surface area contributed by atoms with Crippen molar-refractivity contribution in [3.8, 4) is 0 Å². The quantitative estimate of drug-likeness (QED) is 0.255. The maximum absolute atomic E-state index is 3.13. The molecule has 0 spiro atoms. The molecule has 4 rings (SSSR count). The zero-order valence-electron chi connectivity index (χ0n) is 16.0. The Morgan fingerprint density at radius 3 is 0.793 bits per heavy atom. The van der Waals surface area contributed by atoms with Crippen molar-refractivity contribution in [3.05, 3.63) is 121 Å². The van der Waals surface area contributed by atoms with Crippen molar-refractivity contribution in [1.29, 1.82) is 0 Å². The van der Waals surface area contributed by atoms with Crippen LogP contribution in [0, 0.1) is 0 Å². The summed E-state index contributed by atoms with van der Waals surface area (Å²) in [6.07, 6.45) is 0. The Morgan fingerprint density at radius 2 is 0.586 bits per heavy atom. The van der Waals surface area contributed by atoms with Gasteiger partial charge in [-0.15, -0.1) is 0 Å². The third kappa shape index (κ3) is 4.45. The molecular formula is C25H24P2Se2. The van der Waals surface area contributed by atoms with Gasteiger partial charge < -0.3 is 0 Å². The summed E-state index contributed by atoms with van der Waals surface area (Å²) in [5.41, 5.74) is -3.31. The summed E-state index contributed by atoms with van der Waals surface area (Å²) in [6, 6.07) is 44.4. The van der Waals surface area contributed by atoms with Gasteiger partial charge in [0, 0.05) is 0 Å². The Labute approximate surface area is 188 Å². The number of hydrogen-bond donors (Lipinski definition) is 0. The molecule has 146 valence electrons. The molecule has 0 nitrogen and oxygen atoms in total. The summed E-state index contributed by atoms with van der Waals surface area (Å²) in [5.74, 6) is 1.14. The van der Waals surface area contributed by atoms with Gasteiger partial charge in [-0.2, -0.15) is 0 Å². The van der Waals surface area contributed by atoms with Crippen molar-refractivity contribution < 1.29 is 0 Å². The second kappa shape index (κ2) is 9.29. The molecule has 0 unspecified atom stereocenters. The normalized spacial score (nSPS) is 11.9. The fourth-order valence-electron chi connectivity index (χ4n) is 3.62. The van der Waals surface area contributed by atoms with Crippen LogP contribution in [0.5, 0.6) is 0 Å². The van der Waals surface area contributed by atoms with Gasteiger partial charge in [-0.05, 0) is 0 Å². The molecule has 0 aliphatic carbocycles. The van der Waals surface area contributed by atoms with Gasteiger partial charge in [-0.3, -0.25) is 0 Å². The van der Waals surface area contributed by atoms with E-state index in [0.29, 0.717) is 0 Å². The minimum absolute atomic E-state index is 1.14. The molecule has 4 aromatic carbocycles. The second-order valence-corrected chi connectivity index (χ2v) is 21.9. The fourth-order valence-corrected chi connectivity index (χ4v) is 26.6. The van der Waals surface area contributed by atoms with Crippen LogP contribution in [0.3, 0.4) is 0 Å². The number of rotatable bonds is 6. The maximum atomic E-state index is 3.13. The van der Waals surface area contributed by atoms with E-state index in [4.69, 9.17) is 0 Å². The number of benzene rings is 4. The molecule has 0 amide bonds. The Morgan fingerprint density at radius 1 is 0.379 bits per heavy atom. The molecular weight excluding hydrogens is 520 g/mol. The van der Waals surface area contributed by atoms with E-state index in [9.17, 15) is 0 Å². The second-order valence-electron chi connectivity index (χ2n) is 7.02. The SMILES string of the molecule is [SeH]=P(CP(=[SeH])(c1ccccc1)c1ccccc1)(c1ccccc1)c1ccccc1. The van der Waals surface area contributed by atoms with Crippen molar-refractivity contribution in [2.24, 2.45) is 0 Å². The summed E-state index contributed by atoms with van der Waals surface area (Å²) in [4.78, 5) is 0. The molecule has 0 fully saturated rings. The Balaban J connectivity index is 1.93. The van der Waals surface area contributed by atoms with E-state index in [1.807, 2.05) is 0 Å². The molecule has 0 N–H and O–H groups in total. The molecule has 0 saturated heterocycles. The van der Waals surface area contributed by atoms with E-state index in [0.717, 1.165) is 5.90 Å². The van der Waals surface area contributed by atoms with Crippen LogP contribution >= 0.6 is 11.0 Å². The third-order valence-electron chi connectivity index (χ3n) is 5.14. The van der Waals surface area contributed by atoms with Crippen LogP contribution in [0.2, 0.25) is 0 Å². The summed E-state index contributed by atoms with van der Waals surface area (Å²) >= 11 is 6.27. The molecule has 0 aromatic heterocycles. The molecule has 2 radical (unpaired) electrons. The van der Waals surface area contributed by atoms with Gasteiger partial charge in [-0.25, -0.2) is 0 Å². The minimum atomic E-state index is -1.66. The van der Waals surface area contributed by atoms with Gasteiger partial charge in [0.1, 0.15) is 0 Å². The van der Waals surface area contributed by atoms with E-state index in [1.54, 1.807) is 0 Å². The molecule has 0 aliphatic rings. The first kappa shape index (κ1) is 21.0. The zero-order chi connectivity index (χ0) is 20.2. The van der Waals surface area contributed by atoms with Crippen molar-refractivity contribution in [1.82, 2.24) is 0 Å². The molecule has 29 heavy (non-hydrogen) atoms.